The molecular weight excluding hydrogens is 422 g/mol. The third-order valence-corrected chi connectivity index (χ3v) is 5.39. The fourth-order valence-corrected chi connectivity index (χ4v) is 3.46. The van der Waals surface area contributed by atoms with Crippen LogP contribution in [0.25, 0.3) is 0 Å². The van der Waals surface area contributed by atoms with Gasteiger partial charge in [0.25, 0.3) is 0 Å². The highest BCUT2D eigenvalue weighted by Gasteiger charge is 2.39. The van der Waals surface area contributed by atoms with Crippen LogP contribution in [0, 0.1) is 13.8 Å². The summed E-state index contributed by atoms with van der Waals surface area (Å²) in [5, 5.41) is 15.3. The highest BCUT2D eigenvalue weighted by atomic mass is 16.6. The van der Waals surface area contributed by atoms with Gasteiger partial charge in [0.15, 0.2) is 0 Å². The van der Waals surface area contributed by atoms with Crippen LogP contribution in [-0.4, -0.2) is 58.2 Å². The van der Waals surface area contributed by atoms with E-state index in [4.69, 9.17) is 4.74 Å². The lowest BCUT2D eigenvalue weighted by Crippen LogP contribution is -2.57. The van der Waals surface area contributed by atoms with E-state index in [1.54, 1.807) is 20.8 Å². The normalized spacial score (nSPS) is 14.3. The summed E-state index contributed by atoms with van der Waals surface area (Å²) in [5.41, 5.74) is 1.85. The number of carbonyl (C=O) groups excluding carboxylic acids is 3. The zero-order valence-corrected chi connectivity index (χ0v) is 21.5. The van der Waals surface area contributed by atoms with Crippen LogP contribution in [0.2, 0.25) is 0 Å². The zero-order chi connectivity index (χ0) is 25.5. The molecule has 186 valence electrons. The molecule has 0 aliphatic rings. The highest BCUT2D eigenvalue weighted by molar-refractivity contribution is 5.92. The molecule has 0 bridgehead atoms. The molecule has 8 heteroatoms. The van der Waals surface area contributed by atoms with E-state index in [-0.39, 0.29) is 18.0 Å². The van der Waals surface area contributed by atoms with Crippen molar-refractivity contribution >= 4 is 17.9 Å². The molecule has 0 aliphatic carbocycles. The van der Waals surface area contributed by atoms with Crippen molar-refractivity contribution in [2.45, 2.75) is 98.5 Å². The monoisotopic (exact) mass is 463 g/mol. The second-order valence-corrected chi connectivity index (χ2v) is 9.74. The largest absolute Gasteiger partial charge is 0.444 e. The minimum absolute atomic E-state index is 0.132. The molecule has 0 heterocycles. The van der Waals surface area contributed by atoms with Gasteiger partial charge in [-0.05, 0) is 78.5 Å². The van der Waals surface area contributed by atoms with Crippen molar-refractivity contribution in [1.82, 2.24) is 15.5 Å². The van der Waals surface area contributed by atoms with Gasteiger partial charge in [-0.3, -0.25) is 9.59 Å². The lowest BCUT2D eigenvalue weighted by molar-refractivity contribution is -0.146. The Bertz CT molecular complexity index is 832. The highest BCUT2D eigenvalue weighted by Crippen LogP contribution is 2.30. The van der Waals surface area contributed by atoms with Gasteiger partial charge in [0.05, 0.1) is 6.61 Å². The summed E-state index contributed by atoms with van der Waals surface area (Å²) in [5.74, 6) is -0.871. The maximum Gasteiger partial charge on any atom is 0.408 e. The van der Waals surface area contributed by atoms with Crippen LogP contribution < -0.4 is 10.6 Å². The van der Waals surface area contributed by atoms with E-state index >= 15 is 0 Å². The number of carbonyl (C=O) groups is 3. The van der Waals surface area contributed by atoms with Gasteiger partial charge < -0.3 is 25.4 Å². The predicted octanol–water partition coefficient (Wildman–Crippen LogP) is 3.38. The van der Waals surface area contributed by atoms with Crippen molar-refractivity contribution in [2.75, 3.05) is 6.61 Å². The maximum absolute atomic E-state index is 13.7. The average Bonchev–Trinajstić information content (AvgIpc) is 2.69. The van der Waals surface area contributed by atoms with Gasteiger partial charge in [-0.15, -0.1) is 0 Å². The van der Waals surface area contributed by atoms with E-state index in [0.717, 1.165) is 11.1 Å². The molecule has 1 rings (SSSR count). The van der Waals surface area contributed by atoms with Gasteiger partial charge in [0.2, 0.25) is 11.8 Å². The van der Waals surface area contributed by atoms with E-state index < -0.39 is 36.3 Å². The zero-order valence-electron chi connectivity index (χ0n) is 21.5. The molecule has 3 unspecified atom stereocenters. The molecule has 33 heavy (non-hydrogen) atoms. The first kappa shape index (κ1) is 28.4. The molecule has 3 amide bonds. The van der Waals surface area contributed by atoms with Crippen molar-refractivity contribution in [2.24, 2.45) is 0 Å². The molecule has 0 aromatic heterocycles. The van der Waals surface area contributed by atoms with Crippen molar-refractivity contribution in [3.05, 3.63) is 34.9 Å². The van der Waals surface area contributed by atoms with Gasteiger partial charge >= 0.3 is 6.09 Å². The summed E-state index contributed by atoms with van der Waals surface area (Å²) >= 11 is 0. The predicted molar refractivity (Wildman–Crippen MR) is 129 cm³/mol. The Morgan fingerprint density at radius 3 is 2.18 bits per heavy atom. The number of hydrogen-bond donors (Lipinski definition) is 3. The van der Waals surface area contributed by atoms with Crippen LogP contribution in [0.4, 0.5) is 4.79 Å². The third kappa shape index (κ3) is 8.03. The smallest absolute Gasteiger partial charge is 0.408 e. The van der Waals surface area contributed by atoms with Crippen molar-refractivity contribution in [1.29, 1.82) is 0 Å². The molecule has 0 fully saturated rings. The van der Waals surface area contributed by atoms with Crippen LogP contribution in [0.5, 0.6) is 0 Å². The van der Waals surface area contributed by atoms with Gasteiger partial charge in [-0.2, -0.15) is 0 Å². The molecular formula is C25H41N3O5. The van der Waals surface area contributed by atoms with Crippen LogP contribution in [-0.2, 0) is 14.3 Å². The maximum atomic E-state index is 13.7. The minimum Gasteiger partial charge on any atom is -0.444 e. The standard InChI is InChI=1S/C25H41N3O5/c1-10-17(5)28(23(31)20(14-29)27-24(32)33-25(7,8)9)21(22(30)26-15(2)3)19-13-11-12-16(4)18(19)6/h11-13,15,17,20-21,29H,10,14H2,1-9H3,(H,26,30)(H,27,32). The molecule has 8 nitrogen and oxygen atoms in total. The number of aryl methyl sites for hydroxylation is 1. The molecule has 0 aliphatic heterocycles. The summed E-state index contributed by atoms with van der Waals surface area (Å²) < 4.78 is 5.26. The number of hydrogen-bond acceptors (Lipinski definition) is 5. The van der Waals surface area contributed by atoms with E-state index in [0.29, 0.717) is 12.0 Å². The van der Waals surface area contributed by atoms with Crippen LogP contribution in [0.1, 0.15) is 77.6 Å². The van der Waals surface area contributed by atoms with Crippen molar-refractivity contribution in [3.8, 4) is 0 Å². The Morgan fingerprint density at radius 2 is 1.70 bits per heavy atom. The topological polar surface area (TPSA) is 108 Å². The van der Waals surface area contributed by atoms with Crippen LogP contribution in [0.3, 0.4) is 0 Å². The fourth-order valence-electron chi connectivity index (χ4n) is 3.46. The first-order valence-electron chi connectivity index (χ1n) is 11.5. The number of rotatable bonds is 9. The number of aliphatic hydroxyl groups is 1. The summed E-state index contributed by atoms with van der Waals surface area (Å²) in [4.78, 5) is 40.9. The van der Waals surface area contributed by atoms with Gasteiger partial charge in [-0.1, -0.05) is 25.1 Å². The van der Waals surface area contributed by atoms with E-state index in [2.05, 4.69) is 10.6 Å². The quantitative estimate of drug-likeness (QED) is 0.520. The second kappa shape index (κ2) is 12.0. The molecule has 0 spiro atoms. The second-order valence-electron chi connectivity index (χ2n) is 9.74. The molecule has 1 aromatic carbocycles. The van der Waals surface area contributed by atoms with E-state index in [9.17, 15) is 19.5 Å². The number of aliphatic hydroxyl groups excluding tert-OH is 1. The molecule has 1 aromatic rings. The number of ether oxygens (including phenoxy) is 1. The van der Waals surface area contributed by atoms with Crippen molar-refractivity contribution < 1.29 is 24.2 Å². The Hall–Kier alpha value is -2.61. The van der Waals surface area contributed by atoms with E-state index in [1.165, 1.54) is 4.90 Å². The van der Waals surface area contributed by atoms with Crippen molar-refractivity contribution in [3.63, 3.8) is 0 Å². The van der Waals surface area contributed by atoms with Gasteiger partial charge in [0.1, 0.15) is 17.7 Å². The number of benzene rings is 1. The Morgan fingerprint density at radius 1 is 1.09 bits per heavy atom. The van der Waals surface area contributed by atoms with Gasteiger partial charge in [0, 0.05) is 12.1 Å². The summed E-state index contributed by atoms with van der Waals surface area (Å²) in [7, 11) is 0. The van der Waals surface area contributed by atoms with E-state index in [1.807, 2.05) is 59.7 Å². The Labute approximate surface area is 198 Å². The lowest BCUT2D eigenvalue weighted by Gasteiger charge is -2.38. The fraction of sp³-hybridized carbons (Fsp3) is 0.640. The average molecular weight is 464 g/mol. The third-order valence-electron chi connectivity index (χ3n) is 5.39. The Balaban J connectivity index is 3.51. The first-order chi connectivity index (χ1) is 15.2. The SMILES string of the molecule is CCC(C)N(C(=O)C(CO)NC(=O)OC(C)(C)C)C(C(=O)NC(C)C)c1cccc(C)c1C. The number of amides is 3. The summed E-state index contributed by atoms with van der Waals surface area (Å²) in [6.07, 6.45) is -0.235. The molecule has 3 N–H and O–H groups in total. The van der Waals surface area contributed by atoms with Gasteiger partial charge in [-0.25, -0.2) is 4.79 Å². The summed E-state index contributed by atoms with van der Waals surface area (Å²) in [6.45, 7) is 15.8. The number of nitrogens with one attached hydrogen (secondary N) is 2. The Kier molecular flexibility index (Phi) is 10.4. The number of nitrogens with zero attached hydrogens (tertiary/aromatic N) is 1. The molecule has 0 radical (unpaired) electrons. The lowest BCUT2D eigenvalue weighted by atomic mass is 9.93. The number of alkyl carbamates (subject to hydrolysis) is 1. The van der Waals surface area contributed by atoms with Crippen LogP contribution in [0.15, 0.2) is 18.2 Å². The molecule has 0 saturated carbocycles. The van der Waals surface area contributed by atoms with Crippen LogP contribution >= 0.6 is 0 Å². The minimum atomic E-state index is -1.26. The molecule has 3 atom stereocenters. The molecule has 0 saturated heterocycles. The summed E-state index contributed by atoms with van der Waals surface area (Å²) in [6, 6.07) is 2.99. The first-order valence-corrected chi connectivity index (χ1v) is 11.5.